The third kappa shape index (κ3) is 4.65. The number of hydrogen-bond acceptors (Lipinski definition) is 5. The Morgan fingerprint density at radius 2 is 1.57 bits per heavy atom. The molecule has 1 aromatic carbocycles. The Bertz CT molecular complexity index is 679. The topological polar surface area (TPSA) is 89.5 Å². The number of benzene rings is 1. The van der Waals surface area contributed by atoms with Crippen molar-refractivity contribution in [3.05, 3.63) is 24.3 Å². The fraction of sp³-hybridized carbons (Fsp3) is 0.500. The van der Waals surface area contributed by atoms with Crippen LogP contribution in [0.1, 0.15) is 12.8 Å². The molecule has 1 heterocycles. The quantitative estimate of drug-likeness (QED) is 0.806. The van der Waals surface area contributed by atoms with Crippen LogP contribution < -0.4 is 4.72 Å². The lowest BCUT2D eigenvalue weighted by molar-refractivity contribution is 0.0678. The van der Waals surface area contributed by atoms with E-state index >= 15 is 0 Å². The minimum Gasteiger partial charge on any atom is -0.381 e. The van der Waals surface area contributed by atoms with Crippen LogP contribution in [0.5, 0.6) is 0 Å². The second kappa shape index (κ2) is 6.62. The van der Waals surface area contributed by atoms with Gasteiger partial charge < -0.3 is 4.74 Å². The summed E-state index contributed by atoms with van der Waals surface area (Å²) >= 11 is 0. The number of rotatable bonds is 5. The largest absolute Gasteiger partial charge is 0.381 e. The molecular weight excluding hydrogens is 338 g/mol. The number of nitrogens with one attached hydrogen (secondary N) is 1. The first-order valence-corrected chi connectivity index (χ1v) is 10.2. The number of sulfonamides is 1. The Kier molecular flexibility index (Phi) is 5.26. The number of ether oxygens (including phenoxy) is 1. The highest BCUT2D eigenvalue weighted by Gasteiger charge is 2.20. The lowest BCUT2D eigenvalue weighted by atomic mass is 10.0. The first kappa shape index (κ1) is 16.7. The van der Waals surface area contributed by atoms with Crippen LogP contribution in [-0.2, 0) is 23.8 Å². The molecule has 9 heteroatoms. The number of hydrogen-bond donors (Lipinski definition) is 1. The second-order valence-electron chi connectivity index (χ2n) is 4.82. The third-order valence-corrected chi connectivity index (χ3v) is 6.13. The molecule has 0 spiro atoms. The summed E-state index contributed by atoms with van der Waals surface area (Å²) in [5.41, 5.74) is 0. The molecule has 0 unspecified atom stereocenters. The predicted molar refractivity (Wildman–Crippen MR) is 78.2 cm³/mol. The molecule has 0 aromatic heterocycles. The maximum Gasteiger partial charge on any atom is 0.261 e. The van der Waals surface area contributed by atoms with Gasteiger partial charge in [-0.05, 0) is 43.0 Å². The van der Waals surface area contributed by atoms with E-state index in [1.807, 2.05) is 0 Å². The van der Waals surface area contributed by atoms with E-state index in [2.05, 4.69) is 4.72 Å². The van der Waals surface area contributed by atoms with Gasteiger partial charge in [-0.3, -0.25) is 0 Å². The van der Waals surface area contributed by atoms with Gasteiger partial charge in [0.1, 0.15) is 0 Å². The van der Waals surface area contributed by atoms with E-state index in [0.29, 0.717) is 19.8 Å². The van der Waals surface area contributed by atoms with Crippen LogP contribution in [0.2, 0.25) is 0 Å². The minimum atomic E-state index is -3.85. The Morgan fingerprint density at radius 3 is 2.10 bits per heavy atom. The van der Waals surface area contributed by atoms with Crippen LogP contribution in [0.25, 0.3) is 0 Å². The lowest BCUT2D eigenvalue weighted by Crippen LogP contribution is -2.32. The molecule has 0 aliphatic carbocycles. The highest BCUT2D eigenvalue weighted by atomic mass is 35.7. The van der Waals surface area contributed by atoms with Crippen molar-refractivity contribution in [1.29, 1.82) is 0 Å². The Balaban J connectivity index is 2.05. The van der Waals surface area contributed by atoms with Crippen LogP contribution >= 0.6 is 10.7 Å². The standard InChI is InChI=1S/C12H16ClNO5S2/c13-20(15,16)11-1-3-12(4-2-11)21(17,18)14-9-10-5-7-19-8-6-10/h1-4,10,14H,5-9H2. The molecule has 1 aliphatic heterocycles. The van der Waals surface area contributed by atoms with Crippen molar-refractivity contribution >= 4 is 29.8 Å². The third-order valence-electron chi connectivity index (χ3n) is 3.32. The molecular formula is C12H16ClNO5S2. The van der Waals surface area contributed by atoms with E-state index in [1.54, 1.807) is 0 Å². The highest BCUT2D eigenvalue weighted by molar-refractivity contribution is 8.13. The van der Waals surface area contributed by atoms with E-state index in [4.69, 9.17) is 15.4 Å². The van der Waals surface area contributed by atoms with Crippen molar-refractivity contribution in [2.24, 2.45) is 5.92 Å². The van der Waals surface area contributed by atoms with Gasteiger partial charge in [0.2, 0.25) is 10.0 Å². The van der Waals surface area contributed by atoms with Gasteiger partial charge in [-0.1, -0.05) is 0 Å². The fourth-order valence-electron chi connectivity index (χ4n) is 2.04. The molecule has 1 N–H and O–H groups in total. The van der Waals surface area contributed by atoms with Crippen molar-refractivity contribution in [3.63, 3.8) is 0 Å². The van der Waals surface area contributed by atoms with Crippen molar-refractivity contribution in [3.8, 4) is 0 Å². The highest BCUT2D eigenvalue weighted by Crippen LogP contribution is 2.19. The molecule has 0 amide bonds. The molecule has 0 radical (unpaired) electrons. The maximum absolute atomic E-state index is 12.1. The second-order valence-corrected chi connectivity index (χ2v) is 9.15. The number of halogens is 1. The summed E-state index contributed by atoms with van der Waals surface area (Å²) in [7, 11) is -2.32. The molecule has 2 rings (SSSR count). The maximum atomic E-state index is 12.1. The van der Waals surface area contributed by atoms with E-state index < -0.39 is 19.1 Å². The van der Waals surface area contributed by atoms with Gasteiger partial charge in [0, 0.05) is 30.4 Å². The smallest absolute Gasteiger partial charge is 0.261 e. The van der Waals surface area contributed by atoms with Crippen molar-refractivity contribution in [1.82, 2.24) is 4.72 Å². The molecule has 1 aliphatic rings. The van der Waals surface area contributed by atoms with Crippen molar-refractivity contribution < 1.29 is 21.6 Å². The van der Waals surface area contributed by atoms with Crippen molar-refractivity contribution in [2.45, 2.75) is 22.6 Å². The summed E-state index contributed by atoms with van der Waals surface area (Å²) in [4.78, 5) is -0.119. The van der Waals surface area contributed by atoms with Crippen LogP contribution in [0.4, 0.5) is 0 Å². The zero-order valence-electron chi connectivity index (χ0n) is 11.2. The minimum absolute atomic E-state index is 0.0126. The molecule has 118 valence electrons. The van der Waals surface area contributed by atoms with E-state index in [0.717, 1.165) is 12.8 Å². The predicted octanol–water partition coefficient (Wildman–Crippen LogP) is 1.32. The Labute approximate surface area is 128 Å². The van der Waals surface area contributed by atoms with Gasteiger partial charge in [0.25, 0.3) is 9.05 Å². The molecule has 0 bridgehead atoms. The molecule has 0 saturated carbocycles. The van der Waals surface area contributed by atoms with E-state index in [-0.39, 0.29) is 15.7 Å². The van der Waals surface area contributed by atoms with Gasteiger partial charge in [-0.15, -0.1) is 0 Å². The average Bonchev–Trinajstić information content (AvgIpc) is 2.46. The normalized spacial score (nSPS) is 17.8. The Hall–Kier alpha value is -0.670. The van der Waals surface area contributed by atoms with Gasteiger partial charge in [0.05, 0.1) is 9.79 Å². The van der Waals surface area contributed by atoms with E-state index in [9.17, 15) is 16.8 Å². The van der Waals surface area contributed by atoms with Gasteiger partial charge >= 0.3 is 0 Å². The zero-order chi connectivity index (χ0) is 15.5. The Morgan fingerprint density at radius 1 is 1.05 bits per heavy atom. The monoisotopic (exact) mass is 353 g/mol. The summed E-state index contributed by atoms with van der Waals surface area (Å²) in [6, 6.07) is 4.79. The zero-order valence-corrected chi connectivity index (χ0v) is 13.5. The van der Waals surface area contributed by atoms with Crippen LogP contribution in [0.15, 0.2) is 34.1 Å². The molecule has 6 nitrogen and oxygen atoms in total. The average molecular weight is 354 g/mol. The van der Waals surface area contributed by atoms with Gasteiger partial charge in [0.15, 0.2) is 0 Å². The molecule has 21 heavy (non-hydrogen) atoms. The van der Waals surface area contributed by atoms with Crippen LogP contribution in [0, 0.1) is 5.92 Å². The summed E-state index contributed by atoms with van der Waals surface area (Å²) in [5, 5.41) is 0. The SMILES string of the molecule is O=S(=O)(Cl)c1ccc(S(=O)(=O)NCC2CCOCC2)cc1. The molecule has 1 saturated heterocycles. The fourth-order valence-corrected chi connectivity index (χ4v) is 3.93. The van der Waals surface area contributed by atoms with E-state index in [1.165, 1.54) is 24.3 Å². The first-order valence-electron chi connectivity index (χ1n) is 6.41. The van der Waals surface area contributed by atoms with Crippen LogP contribution in [0.3, 0.4) is 0 Å². The first-order chi connectivity index (χ1) is 9.79. The molecule has 1 aromatic rings. The van der Waals surface area contributed by atoms with Gasteiger partial charge in [-0.2, -0.15) is 0 Å². The van der Waals surface area contributed by atoms with Crippen molar-refractivity contribution in [2.75, 3.05) is 19.8 Å². The summed E-state index contributed by atoms with van der Waals surface area (Å²) in [5.74, 6) is 0.260. The molecule has 0 atom stereocenters. The molecule has 1 fully saturated rings. The van der Waals surface area contributed by atoms with Crippen LogP contribution in [-0.4, -0.2) is 36.6 Å². The summed E-state index contributed by atoms with van der Waals surface area (Å²) in [6.45, 7) is 1.64. The van der Waals surface area contributed by atoms with Gasteiger partial charge in [-0.25, -0.2) is 21.6 Å². The lowest BCUT2D eigenvalue weighted by Gasteiger charge is -2.22. The summed E-state index contributed by atoms with van der Waals surface area (Å²) in [6.07, 6.45) is 1.65. The summed E-state index contributed by atoms with van der Waals surface area (Å²) < 4.78 is 54.2.